The van der Waals surface area contributed by atoms with Crippen LogP contribution in [0.2, 0.25) is 0 Å². The van der Waals surface area contributed by atoms with Gasteiger partial charge in [0.25, 0.3) is 0 Å². The molecule has 1 N–H and O–H groups in total. The van der Waals surface area contributed by atoms with Crippen LogP contribution in [0.4, 0.5) is 0 Å². The van der Waals surface area contributed by atoms with E-state index in [-0.39, 0.29) is 11.4 Å². The second-order valence-electron chi connectivity index (χ2n) is 5.79. The Bertz CT molecular complexity index is 964. The molecule has 150 valence electrons. The summed E-state index contributed by atoms with van der Waals surface area (Å²) < 4.78 is 41.1. The molecule has 2 heterocycles. The van der Waals surface area contributed by atoms with Crippen molar-refractivity contribution in [2.24, 2.45) is 0 Å². The third-order valence-electron chi connectivity index (χ3n) is 3.89. The topological polar surface area (TPSA) is 82.5 Å². The van der Waals surface area contributed by atoms with E-state index in [4.69, 9.17) is 9.47 Å². The van der Waals surface area contributed by atoms with Gasteiger partial charge in [0.05, 0.1) is 23.3 Å². The van der Waals surface area contributed by atoms with E-state index in [2.05, 4.69) is 9.82 Å². The molecule has 9 heteroatoms. The van der Waals surface area contributed by atoms with E-state index < -0.39 is 16.3 Å². The molecule has 0 aliphatic rings. The Kier molecular flexibility index (Phi) is 6.97. The molecule has 0 aliphatic heterocycles. The Hall–Kier alpha value is -2.04. The van der Waals surface area contributed by atoms with Gasteiger partial charge in [0, 0.05) is 13.2 Å². The first-order chi connectivity index (χ1) is 13.5. The predicted molar refractivity (Wildman–Crippen MR) is 109 cm³/mol. The predicted octanol–water partition coefficient (Wildman–Crippen LogP) is 3.28. The number of ether oxygens (including phenoxy) is 2. The third kappa shape index (κ3) is 4.86. The van der Waals surface area contributed by atoms with Gasteiger partial charge in [0.1, 0.15) is 10.6 Å². The number of nitrogens with zero attached hydrogens (tertiary/aromatic N) is 2. The van der Waals surface area contributed by atoms with E-state index in [9.17, 15) is 8.42 Å². The van der Waals surface area contributed by atoms with Crippen LogP contribution in [0.15, 0.2) is 58.9 Å². The maximum atomic E-state index is 13.0. The molecule has 0 amide bonds. The maximum absolute atomic E-state index is 13.0. The molecule has 0 radical (unpaired) electrons. The molecule has 28 heavy (non-hydrogen) atoms. The van der Waals surface area contributed by atoms with Gasteiger partial charge in [-0.05, 0) is 37.4 Å². The number of nitrogens with one attached hydrogen (secondary N) is 1. The lowest BCUT2D eigenvalue weighted by Gasteiger charge is -2.17. The Labute approximate surface area is 169 Å². The fraction of sp³-hybridized carbons (Fsp3) is 0.316. The second kappa shape index (κ2) is 9.44. The Morgan fingerprint density at radius 2 is 1.82 bits per heavy atom. The van der Waals surface area contributed by atoms with Crippen molar-refractivity contribution >= 4 is 21.4 Å². The molecule has 0 fully saturated rings. The van der Waals surface area contributed by atoms with Crippen molar-refractivity contribution < 1.29 is 17.9 Å². The first kappa shape index (κ1) is 20.7. The fourth-order valence-electron chi connectivity index (χ4n) is 2.65. The molecule has 0 saturated heterocycles. The zero-order chi connectivity index (χ0) is 20.0. The number of thiophene rings is 1. The van der Waals surface area contributed by atoms with Crippen LogP contribution in [0.3, 0.4) is 0 Å². The van der Waals surface area contributed by atoms with Crippen LogP contribution in [-0.2, 0) is 19.5 Å². The summed E-state index contributed by atoms with van der Waals surface area (Å²) in [6.07, 6.45) is 0.891. The highest BCUT2D eigenvalue weighted by Gasteiger charge is 2.25. The Balaban J connectivity index is 1.93. The highest BCUT2D eigenvalue weighted by atomic mass is 32.2. The van der Waals surface area contributed by atoms with Crippen LogP contribution in [0, 0.1) is 0 Å². The number of rotatable bonds is 10. The summed E-state index contributed by atoms with van der Waals surface area (Å²) in [6.45, 7) is 4.54. The lowest BCUT2D eigenvalue weighted by atomic mass is 10.3. The van der Waals surface area contributed by atoms with Gasteiger partial charge in [-0.25, -0.2) is 17.8 Å². The molecule has 0 atom stereocenters. The molecule has 0 bridgehead atoms. The zero-order valence-electron chi connectivity index (χ0n) is 15.7. The molecule has 7 nitrogen and oxygen atoms in total. The van der Waals surface area contributed by atoms with E-state index >= 15 is 0 Å². The van der Waals surface area contributed by atoms with Crippen molar-refractivity contribution in [1.29, 1.82) is 0 Å². The van der Waals surface area contributed by atoms with Crippen molar-refractivity contribution in [3.63, 3.8) is 0 Å². The minimum absolute atomic E-state index is 0.0183. The summed E-state index contributed by atoms with van der Waals surface area (Å²) in [5.74, 6) is 0. The molecule has 0 aliphatic carbocycles. The average Bonchev–Trinajstić information content (AvgIpc) is 3.37. The average molecular weight is 422 g/mol. The van der Waals surface area contributed by atoms with E-state index in [0.29, 0.717) is 18.9 Å². The summed E-state index contributed by atoms with van der Waals surface area (Å²) in [7, 11) is -3.82. The summed E-state index contributed by atoms with van der Waals surface area (Å²) in [5, 5.41) is 6.42. The normalized spacial score (nSPS) is 12.0. The summed E-state index contributed by atoms with van der Waals surface area (Å²) in [5.41, 5.74) is 1.19. The molecule has 1 aromatic carbocycles. The van der Waals surface area contributed by atoms with Gasteiger partial charge in [-0.2, -0.15) is 5.10 Å². The van der Waals surface area contributed by atoms with Crippen LogP contribution in [0.25, 0.3) is 16.3 Å². The number of hydrogen-bond acceptors (Lipinski definition) is 6. The number of sulfonamides is 1. The van der Waals surface area contributed by atoms with Gasteiger partial charge < -0.3 is 9.47 Å². The van der Waals surface area contributed by atoms with E-state index in [1.807, 2.05) is 61.7 Å². The Morgan fingerprint density at radius 3 is 2.43 bits per heavy atom. The van der Waals surface area contributed by atoms with Crippen LogP contribution < -0.4 is 4.72 Å². The van der Waals surface area contributed by atoms with Gasteiger partial charge in [0.2, 0.25) is 10.0 Å². The molecular weight excluding hydrogens is 398 g/mol. The van der Waals surface area contributed by atoms with Crippen molar-refractivity contribution in [2.45, 2.75) is 25.0 Å². The van der Waals surface area contributed by atoms with Crippen LogP contribution >= 0.6 is 11.3 Å². The molecule has 0 saturated carbocycles. The highest BCUT2D eigenvalue weighted by Crippen LogP contribution is 2.30. The van der Waals surface area contributed by atoms with Crippen molar-refractivity contribution in [1.82, 2.24) is 14.5 Å². The quantitative estimate of drug-likeness (QED) is 0.508. The molecule has 3 rings (SSSR count). The second-order valence-corrected chi connectivity index (χ2v) is 8.47. The Morgan fingerprint density at radius 1 is 1.11 bits per heavy atom. The van der Waals surface area contributed by atoms with E-state index in [1.165, 1.54) is 17.5 Å². The summed E-state index contributed by atoms with van der Waals surface area (Å²) >= 11 is 1.44. The molecule has 0 unspecified atom stereocenters. The molecule has 3 aromatic rings. The minimum atomic E-state index is -3.82. The number of hydrogen-bond donors (Lipinski definition) is 1. The third-order valence-corrected chi connectivity index (χ3v) is 6.19. The van der Waals surface area contributed by atoms with Gasteiger partial charge in [-0.1, -0.05) is 24.3 Å². The summed E-state index contributed by atoms with van der Waals surface area (Å²) in [6, 6.07) is 13.1. The lowest BCUT2D eigenvalue weighted by Crippen LogP contribution is -2.35. The highest BCUT2D eigenvalue weighted by molar-refractivity contribution is 7.89. The number of aromatic nitrogens is 2. The van der Waals surface area contributed by atoms with E-state index in [0.717, 1.165) is 10.6 Å². The molecule has 2 aromatic heterocycles. The zero-order valence-corrected chi connectivity index (χ0v) is 17.4. The van der Waals surface area contributed by atoms with Gasteiger partial charge in [0.15, 0.2) is 6.29 Å². The largest absolute Gasteiger partial charge is 0.352 e. The fourth-order valence-corrected chi connectivity index (χ4v) is 4.59. The van der Waals surface area contributed by atoms with Crippen LogP contribution in [0.1, 0.15) is 13.8 Å². The van der Waals surface area contributed by atoms with Crippen molar-refractivity contribution in [3.05, 3.63) is 54.0 Å². The number of para-hydroxylation sites is 1. The molecular formula is C19H23N3O4S2. The number of benzene rings is 1. The first-order valence-electron chi connectivity index (χ1n) is 8.97. The van der Waals surface area contributed by atoms with Gasteiger partial charge in [-0.15, -0.1) is 11.3 Å². The van der Waals surface area contributed by atoms with E-state index in [1.54, 1.807) is 4.68 Å². The lowest BCUT2D eigenvalue weighted by molar-refractivity contribution is -0.130. The molecule has 0 spiro atoms. The van der Waals surface area contributed by atoms with Gasteiger partial charge in [-0.3, -0.25) is 0 Å². The van der Waals surface area contributed by atoms with Gasteiger partial charge >= 0.3 is 0 Å². The van der Waals surface area contributed by atoms with Crippen LogP contribution in [-0.4, -0.2) is 44.2 Å². The first-order valence-corrected chi connectivity index (χ1v) is 11.3. The summed E-state index contributed by atoms with van der Waals surface area (Å²) in [4.78, 5) is 0.895. The SMILES string of the molecule is CCOC(CNS(=O)(=O)c1cn(-c2ccccc2)nc1-c1cccs1)OCC. The van der Waals surface area contributed by atoms with Crippen molar-refractivity contribution in [3.8, 4) is 16.3 Å². The minimum Gasteiger partial charge on any atom is -0.352 e. The standard InChI is InChI=1S/C19H23N3O4S2/c1-3-25-18(26-4-2)13-20-28(23,24)17-14-22(15-9-6-5-7-10-15)21-19(17)16-11-8-12-27-16/h5-12,14,18,20H,3-4,13H2,1-2H3. The maximum Gasteiger partial charge on any atom is 0.244 e. The van der Waals surface area contributed by atoms with Crippen molar-refractivity contribution in [2.75, 3.05) is 19.8 Å². The van der Waals surface area contributed by atoms with Crippen LogP contribution in [0.5, 0.6) is 0 Å². The monoisotopic (exact) mass is 421 g/mol. The smallest absolute Gasteiger partial charge is 0.244 e.